The van der Waals surface area contributed by atoms with Crippen LogP contribution in [0, 0.1) is 0 Å². The van der Waals surface area contributed by atoms with Crippen molar-refractivity contribution < 1.29 is 0 Å². The molecule has 0 N–H and O–H groups in total. The van der Waals surface area contributed by atoms with Crippen LogP contribution in [0.25, 0.3) is 11.2 Å². The van der Waals surface area contributed by atoms with Crippen molar-refractivity contribution in [1.29, 1.82) is 0 Å². The number of aromatic nitrogens is 3. The van der Waals surface area contributed by atoms with Crippen LogP contribution in [0.3, 0.4) is 0 Å². The molecule has 2 heterocycles. The van der Waals surface area contributed by atoms with Crippen LogP contribution in [0.5, 0.6) is 0 Å². The quantitative estimate of drug-likeness (QED) is 0.764. The zero-order valence-electron chi connectivity index (χ0n) is 10.7. The zero-order valence-corrected chi connectivity index (χ0v) is 13.0. The molecule has 2 rings (SSSR count). The Morgan fingerprint density at radius 1 is 1.39 bits per heavy atom. The summed E-state index contributed by atoms with van der Waals surface area (Å²) >= 11 is 9.31. The lowest BCUT2D eigenvalue weighted by Gasteiger charge is -2.17. The van der Waals surface area contributed by atoms with Gasteiger partial charge in [-0.05, 0) is 34.8 Å². The third-order valence-electron chi connectivity index (χ3n) is 3.20. The van der Waals surface area contributed by atoms with Gasteiger partial charge < -0.3 is 4.57 Å². The summed E-state index contributed by atoms with van der Waals surface area (Å²) in [6, 6.07) is 2.46. The van der Waals surface area contributed by atoms with Gasteiger partial charge in [0.1, 0.15) is 11.3 Å². The smallest absolute Gasteiger partial charge is 0.160 e. The predicted molar refractivity (Wildman–Crippen MR) is 79.3 cm³/mol. The van der Waals surface area contributed by atoms with Crippen LogP contribution in [-0.4, -0.2) is 20.4 Å². The molecule has 0 aliphatic rings. The molecule has 5 heteroatoms. The van der Waals surface area contributed by atoms with Gasteiger partial charge in [0.15, 0.2) is 5.65 Å². The largest absolute Gasteiger partial charge is 0.310 e. The highest BCUT2D eigenvalue weighted by molar-refractivity contribution is 9.10. The van der Waals surface area contributed by atoms with E-state index in [-0.39, 0.29) is 0 Å². The molecule has 2 aromatic heterocycles. The van der Waals surface area contributed by atoms with Gasteiger partial charge in [0.25, 0.3) is 0 Å². The number of rotatable bonds is 5. The lowest BCUT2D eigenvalue weighted by atomic mass is 10.1. The summed E-state index contributed by atoms with van der Waals surface area (Å²) in [6.07, 6.45) is 4.77. The monoisotopic (exact) mass is 329 g/mol. The van der Waals surface area contributed by atoms with Crippen molar-refractivity contribution in [2.75, 3.05) is 5.88 Å². The molecule has 18 heavy (non-hydrogen) atoms. The van der Waals surface area contributed by atoms with E-state index < -0.39 is 0 Å². The van der Waals surface area contributed by atoms with Gasteiger partial charge in [0.05, 0.1) is 0 Å². The van der Waals surface area contributed by atoms with E-state index in [1.54, 1.807) is 0 Å². The Morgan fingerprint density at radius 2 is 2.11 bits per heavy atom. The number of alkyl halides is 1. The normalized spacial score (nSPS) is 11.6. The van der Waals surface area contributed by atoms with Crippen LogP contribution in [0.15, 0.2) is 16.7 Å². The number of hydrogen-bond donors (Lipinski definition) is 0. The van der Waals surface area contributed by atoms with Gasteiger partial charge in [-0.2, -0.15) is 0 Å². The zero-order chi connectivity index (χ0) is 13.1. The number of hydrogen-bond acceptors (Lipinski definition) is 2. The molecule has 0 aliphatic heterocycles. The molecule has 2 aromatic rings. The van der Waals surface area contributed by atoms with Gasteiger partial charge in [-0.3, -0.25) is 0 Å². The van der Waals surface area contributed by atoms with Crippen LogP contribution in [0.2, 0.25) is 0 Å². The van der Waals surface area contributed by atoms with Crippen molar-refractivity contribution in [2.24, 2.45) is 0 Å². The van der Waals surface area contributed by atoms with Crippen molar-refractivity contribution in [1.82, 2.24) is 14.5 Å². The van der Waals surface area contributed by atoms with E-state index in [1.807, 2.05) is 12.3 Å². The first-order valence-electron chi connectivity index (χ1n) is 6.29. The predicted octanol–water partition coefficient (Wildman–Crippen LogP) is 4.34. The van der Waals surface area contributed by atoms with Gasteiger partial charge in [-0.15, -0.1) is 11.6 Å². The second kappa shape index (κ2) is 6.02. The molecule has 98 valence electrons. The van der Waals surface area contributed by atoms with Crippen molar-refractivity contribution in [2.45, 2.75) is 39.2 Å². The van der Waals surface area contributed by atoms with E-state index in [4.69, 9.17) is 11.6 Å². The fourth-order valence-corrected chi connectivity index (χ4v) is 2.79. The second-order valence-electron chi connectivity index (χ2n) is 4.30. The third-order valence-corrected chi connectivity index (χ3v) is 3.82. The number of imidazole rings is 1. The van der Waals surface area contributed by atoms with Crippen LogP contribution in [0.1, 0.15) is 38.6 Å². The maximum Gasteiger partial charge on any atom is 0.160 e. The highest BCUT2D eigenvalue weighted by Gasteiger charge is 2.17. The van der Waals surface area contributed by atoms with Crippen LogP contribution >= 0.6 is 27.5 Å². The lowest BCUT2D eigenvalue weighted by molar-refractivity contribution is 0.466. The van der Waals surface area contributed by atoms with Crippen LogP contribution < -0.4 is 0 Å². The number of pyridine rings is 1. The van der Waals surface area contributed by atoms with E-state index in [9.17, 15) is 0 Å². The summed E-state index contributed by atoms with van der Waals surface area (Å²) in [5.74, 6) is 1.63. The molecule has 0 unspecified atom stereocenters. The van der Waals surface area contributed by atoms with Gasteiger partial charge in [0.2, 0.25) is 0 Å². The Morgan fingerprint density at radius 3 is 2.72 bits per heavy atom. The van der Waals surface area contributed by atoms with Crippen LogP contribution in [0.4, 0.5) is 0 Å². The summed E-state index contributed by atoms with van der Waals surface area (Å²) in [7, 11) is 0. The Kier molecular flexibility index (Phi) is 4.62. The average Bonchev–Trinajstić information content (AvgIpc) is 2.69. The molecule has 3 nitrogen and oxygen atoms in total. The Balaban J connectivity index is 2.61. The molecule has 0 fully saturated rings. The summed E-state index contributed by atoms with van der Waals surface area (Å²) in [5, 5.41) is 0. The Labute approximate surface area is 121 Å². The molecule has 0 amide bonds. The molecular weight excluding hydrogens is 314 g/mol. The van der Waals surface area contributed by atoms with Crippen molar-refractivity contribution >= 4 is 38.7 Å². The molecule has 0 aliphatic carbocycles. The minimum Gasteiger partial charge on any atom is -0.310 e. The highest BCUT2D eigenvalue weighted by atomic mass is 79.9. The minimum absolute atomic E-state index is 0.446. The minimum atomic E-state index is 0.446. The van der Waals surface area contributed by atoms with E-state index >= 15 is 0 Å². The number of fused-ring (bicyclic) bond motifs is 1. The first kappa shape index (κ1) is 13.8. The number of nitrogens with zero attached hydrogens (tertiary/aromatic N) is 3. The molecule has 0 bridgehead atoms. The van der Waals surface area contributed by atoms with Gasteiger partial charge in [-0.25, -0.2) is 9.97 Å². The fraction of sp³-hybridized carbons (Fsp3) is 0.538. The first-order valence-corrected chi connectivity index (χ1v) is 7.62. The van der Waals surface area contributed by atoms with E-state index in [1.165, 1.54) is 0 Å². The van der Waals surface area contributed by atoms with Gasteiger partial charge in [0, 0.05) is 29.0 Å². The summed E-state index contributed by atoms with van der Waals surface area (Å²) in [4.78, 5) is 9.18. The van der Waals surface area contributed by atoms with Crippen molar-refractivity contribution in [3.63, 3.8) is 0 Å². The van der Waals surface area contributed by atoms with Crippen molar-refractivity contribution in [3.8, 4) is 0 Å². The van der Waals surface area contributed by atoms with Crippen molar-refractivity contribution in [3.05, 3.63) is 22.6 Å². The number of aryl methyl sites for hydroxylation is 1. The molecule has 0 spiro atoms. The van der Waals surface area contributed by atoms with Gasteiger partial charge in [-0.1, -0.05) is 13.8 Å². The van der Waals surface area contributed by atoms with E-state index in [2.05, 4.69) is 44.3 Å². The van der Waals surface area contributed by atoms with Gasteiger partial charge >= 0.3 is 0 Å². The molecular formula is C13H17BrClN3. The molecule has 0 atom stereocenters. The maximum atomic E-state index is 5.87. The third kappa shape index (κ3) is 2.54. The standard InChI is InChI=1S/C13H17BrClN3/c1-3-10(4-2)18-12(5-6-15)17-11-7-9(14)8-16-13(11)18/h7-8,10H,3-6H2,1-2H3. The summed E-state index contributed by atoms with van der Waals surface area (Å²) in [6.45, 7) is 4.40. The fourth-order valence-electron chi connectivity index (χ4n) is 2.30. The van der Waals surface area contributed by atoms with Crippen LogP contribution in [-0.2, 0) is 6.42 Å². The second-order valence-corrected chi connectivity index (χ2v) is 5.60. The Hall–Kier alpha value is -0.610. The Bertz CT molecular complexity index is 534. The first-order chi connectivity index (χ1) is 8.71. The lowest BCUT2D eigenvalue weighted by Crippen LogP contribution is -2.12. The SMILES string of the molecule is CCC(CC)n1c(CCCl)nc2cc(Br)cnc21. The average molecular weight is 331 g/mol. The van der Waals surface area contributed by atoms with E-state index in [0.29, 0.717) is 11.9 Å². The topological polar surface area (TPSA) is 30.7 Å². The van der Waals surface area contributed by atoms with E-state index in [0.717, 1.165) is 40.7 Å². The summed E-state index contributed by atoms with van der Waals surface area (Å²) in [5.41, 5.74) is 1.91. The highest BCUT2D eigenvalue weighted by Crippen LogP contribution is 2.26. The number of halogens is 2. The maximum absolute atomic E-state index is 5.87. The molecule has 0 aromatic carbocycles. The molecule has 0 radical (unpaired) electrons. The molecule has 0 saturated carbocycles. The molecule has 0 saturated heterocycles. The summed E-state index contributed by atoms with van der Waals surface area (Å²) < 4.78 is 3.21.